The molecule has 0 aliphatic carbocycles. The highest BCUT2D eigenvalue weighted by molar-refractivity contribution is 7.92. The molecule has 0 unspecified atom stereocenters. The molecular weight excluding hydrogens is 526 g/mol. The van der Waals surface area contributed by atoms with Crippen LogP contribution in [-0.2, 0) is 16.4 Å². The van der Waals surface area contributed by atoms with E-state index in [0.717, 1.165) is 0 Å². The number of para-hydroxylation sites is 1. The Hall–Kier alpha value is -3.58. The van der Waals surface area contributed by atoms with Gasteiger partial charge in [-0.15, -0.1) is 10.2 Å². The molecule has 3 heterocycles. The predicted molar refractivity (Wildman–Crippen MR) is 146 cm³/mol. The lowest BCUT2D eigenvalue weighted by Gasteiger charge is -2.27. The van der Waals surface area contributed by atoms with Crippen LogP contribution < -0.4 is 13.8 Å². The summed E-state index contributed by atoms with van der Waals surface area (Å²) in [7, 11) is -2.45. The first-order valence-electron chi connectivity index (χ1n) is 12.2. The van der Waals surface area contributed by atoms with Crippen molar-refractivity contribution < 1.29 is 26.7 Å². The smallest absolute Gasteiger partial charge is 0.246 e. The van der Waals surface area contributed by atoms with Crippen LogP contribution in [0.3, 0.4) is 0 Å². The van der Waals surface area contributed by atoms with Crippen LogP contribution in [0, 0.1) is 6.92 Å². The van der Waals surface area contributed by atoms with E-state index in [1.165, 1.54) is 31.1 Å². The Kier molecular flexibility index (Phi) is 7.97. The van der Waals surface area contributed by atoms with Crippen LogP contribution in [0.15, 0.2) is 51.7 Å². The van der Waals surface area contributed by atoms with Gasteiger partial charge in [0.2, 0.25) is 21.8 Å². The molecule has 1 aromatic carbocycles. The lowest BCUT2D eigenvalue weighted by atomic mass is 10.2. The second-order valence-electron chi connectivity index (χ2n) is 9.95. The van der Waals surface area contributed by atoms with E-state index < -0.39 is 18.1 Å². The minimum absolute atomic E-state index is 0.119. The number of furan rings is 1. The number of methoxy groups -OCH3 is 2. The number of anilines is 1. The Morgan fingerprint density at radius 1 is 1.03 bits per heavy atom. The molecule has 0 saturated carbocycles. The maximum atomic E-state index is 13.9. The maximum absolute atomic E-state index is 13.9. The zero-order valence-corrected chi connectivity index (χ0v) is 24.3. The summed E-state index contributed by atoms with van der Waals surface area (Å²) < 4.78 is 53.0. The molecule has 0 atom stereocenters. The van der Waals surface area contributed by atoms with Gasteiger partial charge in [0.25, 0.3) is 0 Å². The van der Waals surface area contributed by atoms with Crippen molar-refractivity contribution in [2.45, 2.75) is 39.0 Å². The number of nitrogens with zero attached hydrogens (tertiary/aromatic N) is 5. The van der Waals surface area contributed by atoms with E-state index in [4.69, 9.17) is 18.3 Å². The third-order valence-electron chi connectivity index (χ3n) is 5.92. The second-order valence-corrected chi connectivity index (χ2v) is 17.6. The Bertz CT molecular complexity index is 1450. The molecule has 4 rings (SSSR count). The van der Waals surface area contributed by atoms with Crippen LogP contribution >= 0.6 is 0 Å². The summed E-state index contributed by atoms with van der Waals surface area (Å²) in [6.45, 7) is 8.54. The summed E-state index contributed by atoms with van der Waals surface area (Å²) >= 11 is 0. The number of hydrogen-bond donors (Lipinski definition) is 0. The van der Waals surface area contributed by atoms with E-state index in [-0.39, 0.29) is 24.7 Å². The summed E-state index contributed by atoms with van der Waals surface area (Å²) in [5.74, 6) is 2.06. The Morgan fingerprint density at radius 2 is 1.74 bits per heavy atom. The lowest BCUT2D eigenvalue weighted by Crippen LogP contribution is -2.39. The average Bonchev–Trinajstić information content (AvgIpc) is 3.62. The molecule has 3 aromatic heterocycles. The molecule has 0 aliphatic heterocycles. The standard InChI is InChI=1S/C25H33N5O6SSi/c1-18-26-19(17-36-18)12-15-37(31,32)29(13-16-38(4,5)6)25-28-27-24(22-11-8-14-35-22)30(25)23-20(33-2)9-7-10-21(23)34-3/h7-11,14,17H,12-13,15-16H2,1-6H3. The lowest BCUT2D eigenvalue weighted by molar-refractivity contribution is 0.391. The van der Waals surface area contributed by atoms with Crippen molar-refractivity contribution in [2.75, 3.05) is 30.8 Å². The second kappa shape index (κ2) is 11.0. The molecule has 0 fully saturated rings. The topological polar surface area (TPSA) is 126 Å². The SMILES string of the molecule is COc1cccc(OC)c1-n1c(-c2ccco2)nnc1N(CC[Si](C)(C)C)S(=O)(=O)CCc1coc(C)n1. The molecule has 11 nitrogen and oxygen atoms in total. The van der Waals surface area contributed by atoms with Crippen molar-refractivity contribution in [1.82, 2.24) is 19.7 Å². The molecule has 13 heteroatoms. The van der Waals surface area contributed by atoms with Crippen LogP contribution in [0.1, 0.15) is 11.6 Å². The number of rotatable bonds is 12. The number of aromatic nitrogens is 4. The highest BCUT2D eigenvalue weighted by atomic mass is 32.2. The minimum Gasteiger partial charge on any atom is -0.494 e. The van der Waals surface area contributed by atoms with E-state index in [1.807, 2.05) is 0 Å². The first-order chi connectivity index (χ1) is 18.0. The Labute approximate surface area is 223 Å². The monoisotopic (exact) mass is 559 g/mol. The molecule has 0 aliphatic rings. The number of aryl methyl sites for hydroxylation is 2. The normalized spacial score (nSPS) is 12.1. The summed E-state index contributed by atoms with van der Waals surface area (Å²) in [6.07, 6.45) is 3.20. The minimum atomic E-state index is -3.87. The van der Waals surface area contributed by atoms with Gasteiger partial charge >= 0.3 is 0 Å². The number of ether oxygens (including phenoxy) is 2. The quantitative estimate of drug-likeness (QED) is 0.230. The van der Waals surface area contributed by atoms with Gasteiger partial charge in [-0.25, -0.2) is 17.7 Å². The van der Waals surface area contributed by atoms with E-state index in [9.17, 15) is 8.42 Å². The molecule has 0 radical (unpaired) electrons. The first-order valence-corrected chi connectivity index (χ1v) is 17.5. The van der Waals surface area contributed by atoms with Crippen LogP contribution in [0.5, 0.6) is 11.5 Å². The van der Waals surface area contributed by atoms with Crippen LogP contribution in [0.25, 0.3) is 17.3 Å². The summed E-state index contributed by atoms with van der Waals surface area (Å²) in [5.41, 5.74) is 1.03. The summed E-state index contributed by atoms with van der Waals surface area (Å²) in [4.78, 5) is 4.26. The molecule has 0 spiro atoms. The summed E-state index contributed by atoms with van der Waals surface area (Å²) in [5, 5.41) is 8.77. The fourth-order valence-electron chi connectivity index (χ4n) is 3.93. The van der Waals surface area contributed by atoms with Crippen LogP contribution in [0.4, 0.5) is 5.95 Å². The van der Waals surface area contributed by atoms with Gasteiger partial charge in [0.15, 0.2) is 11.7 Å². The third-order valence-corrected chi connectivity index (χ3v) is 9.38. The Morgan fingerprint density at radius 3 is 2.29 bits per heavy atom. The van der Waals surface area contributed by atoms with Gasteiger partial charge in [0.05, 0.1) is 31.9 Å². The third kappa shape index (κ3) is 5.94. The molecule has 0 bridgehead atoms. The highest BCUT2D eigenvalue weighted by Crippen LogP contribution is 2.39. The zero-order valence-electron chi connectivity index (χ0n) is 22.5. The molecule has 4 aromatic rings. The molecular formula is C25H33N5O6SSi. The molecule has 0 amide bonds. The average molecular weight is 560 g/mol. The molecule has 204 valence electrons. The number of benzene rings is 1. The number of oxazole rings is 1. The van der Waals surface area contributed by atoms with Crippen LogP contribution in [-0.4, -0.2) is 62.8 Å². The van der Waals surface area contributed by atoms with Crippen molar-refractivity contribution in [1.29, 1.82) is 0 Å². The predicted octanol–water partition coefficient (Wildman–Crippen LogP) is 4.56. The maximum Gasteiger partial charge on any atom is 0.246 e. The Balaban J connectivity index is 1.89. The fourth-order valence-corrected chi connectivity index (χ4v) is 6.41. The van der Waals surface area contributed by atoms with Crippen LogP contribution in [0.2, 0.25) is 25.7 Å². The van der Waals surface area contributed by atoms with Crippen molar-refractivity contribution in [3.05, 3.63) is 54.4 Å². The molecule has 0 saturated heterocycles. The van der Waals surface area contributed by atoms with Gasteiger partial charge in [0.1, 0.15) is 23.4 Å². The van der Waals surface area contributed by atoms with E-state index in [2.05, 4.69) is 34.8 Å². The fraction of sp³-hybridized carbons (Fsp3) is 0.400. The molecule has 38 heavy (non-hydrogen) atoms. The largest absolute Gasteiger partial charge is 0.494 e. The van der Waals surface area contributed by atoms with Gasteiger partial charge in [-0.2, -0.15) is 0 Å². The van der Waals surface area contributed by atoms with Crippen molar-refractivity contribution in [3.63, 3.8) is 0 Å². The first kappa shape index (κ1) is 27.5. The van der Waals surface area contributed by atoms with E-state index >= 15 is 0 Å². The highest BCUT2D eigenvalue weighted by Gasteiger charge is 2.33. The van der Waals surface area contributed by atoms with E-state index in [0.29, 0.717) is 46.4 Å². The van der Waals surface area contributed by atoms with E-state index in [1.54, 1.807) is 41.8 Å². The van der Waals surface area contributed by atoms with Gasteiger partial charge < -0.3 is 18.3 Å². The van der Waals surface area contributed by atoms with Gasteiger partial charge in [-0.1, -0.05) is 25.7 Å². The van der Waals surface area contributed by atoms with Gasteiger partial charge in [0, 0.05) is 28.0 Å². The summed E-state index contributed by atoms with van der Waals surface area (Å²) in [6, 6.07) is 9.49. The number of sulfonamides is 1. The number of hydrogen-bond acceptors (Lipinski definition) is 9. The van der Waals surface area contributed by atoms with Crippen molar-refractivity contribution >= 4 is 24.0 Å². The van der Waals surface area contributed by atoms with Crippen molar-refractivity contribution in [3.8, 4) is 28.8 Å². The zero-order chi connectivity index (χ0) is 27.5. The van der Waals surface area contributed by atoms with Crippen molar-refractivity contribution in [2.24, 2.45) is 0 Å². The van der Waals surface area contributed by atoms with Gasteiger partial charge in [-0.3, -0.25) is 4.57 Å². The van der Waals surface area contributed by atoms with Gasteiger partial charge in [-0.05, 0) is 30.3 Å². The molecule has 0 N–H and O–H groups in total.